The second kappa shape index (κ2) is 6.73. The molecule has 0 fully saturated rings. The molecule has 1 aromatic heterocycles. The minimum absolute atomic E-state index is 0.367. The lowest BCUT2D eigenvalue weighted by Crippen LogP contribution is -2.26. The number of para-hydroxylation sites is 1. The van der Waals surface area contributed by atoms with Crippen LogP contribution in [-0.2, 0) is 4.75 Å². The van der Waals surface area contributed by atoms with Crippen LogP contribution in [0.2, 0.25) is 5.02 Å². The first-order chi connectivity index (χ1) is 12.8. The second-order valence-electron chi connectivity index (χ2n) is 7.06. The van der Waals surface area contributed by atoms with Gasteiger partial charge in [0.15, 0.2) is 10.8 Å². The molecule has 1 aliphatic rings. The second-order valence-corrected chi connectivity index (χ2v) is 8.96. The van der Waals surface area contributed by atoms with Crippen LogP contribution in [0.5, 0.6) is 0 Å². The van der Waals surface area contributed by atoms with Gasteiger partial charge < -0.3 is 9.73 Å². The molecule has 1 N–H and O–H groups in total. The van der Waals surface area contributed by atoms with Crippen molar-refractivity contribution in [2.24, 2.45) is 4.99 Å². The summed E-state index contributed by atoms with van der Waals surface area (Å²) in [5, 5.41) is 5.42. The van der Waals surface area contributed by atoms with Crippen LogP contribution in [0, 0.1) is 13.8 Å². The van der Waals surface area contributed by atoms with Crippen LogP contribution < -0.4 is 10.9 Å². The molecule has 1 unspecified atom stereocenters. The summed E-state index contributed by atoms with van der Waals surface area (Å²) in [6, 6.07) is 13.6. The van der Waals surface area contributed by atoms with E-state index in [-0.39, 0.29) is 5.63 Å². The number of anilines is 1. The Morgan fingerprint density at radius 1 is 1.19 bits per heavy atom. The first kappa shape index (κ1) is 18.1. The Labute approximate surface area is 166 Å². The molecule has 6 heteroatoms. The molecule has 2 heterocycles. The van der Waals surface area contributed by atoms with Crippen molar-refractivity contribution >= 4 is 45.2 Å². The normalized spacial score (nSPS) is 19.3. The molecule has 27 heavy (non-hydrogen) atoms. The molecule has 0 saturated heterocycles. The monoisotopic (exact) mass is 398 g/mol. The average molecular weight is 399 g/mol. The highest BCUT2D eigenvalue weighted by atomic mass is 35.5. The van der Waals surface area contributed by atoms with Gasteiger partial charge in [0.25, 0.3) is 0 Å². The number of thioether (sulfide) groups is 1. The van der Waals surface area contributed by atoms with E-state index in [4.69, 9.17) is 16.0 Å². The molecule has 4 nitrogen and oxygen atoms in total. The summed E-state index contributed by atoms with van der Waals surface area (Å²) in [4.78, 5) is 17.2. The third-order valence-electron chi connectivity index (χ3n) is 4.60. The van der Waals surface area contributed by atoms with E-state index in [2.05, 4.69) is 42.4 Å². The Hall–Kier alpha value is -2.24. The van der Waals surface area contributed by atoms with Crippen LogP contribution in [-0.4, -0.2) is 11.7 Å². The summed E-state index contributed by atoms with van der Waals surface area (Å²) in [7, 11) is 0. The number of nitrogens with zero attached hydrogens (tertiary/aromatic N) is 1. The predicted molar refractivity (Wildman–Crippen MR) is 114 cm³/mol. The van der Waals surface area contributed by atoms with Crippen molar-refractivity contribution in [3.05, 3.63) is 74.6 Å². The Morgan fingerprint density at radius 2 is 1.93 bits per heavy atom. The van der Waals surface area contributed by atoms with Crippen LogP contribution in [0.25, 0.3) is 11.0 Å². The maximum Gasteiger partial charge on any atom is 0.341 e. The first-order valence-electron chi connectivity index (χ1n) is 8.66. The number of aryl methyl sites for hydroxylation is 2. The van der Waals surface area contributed by atoms with E-state index < -0.39 is 4.75 Å². The molecule has 0 saturated carbocycles. The lowest BCUT2D eigenvalue weighted by atomic mass is 10.0. The predicted octanol–water partition coefficient (Wildman–Crippen LogP) is 5.49. The van der Waals surface area contributed by atoms with E-state index in [1.54, 1.807) is 17.8 Å². The number of benzene rings is 2. The van der Waals surface area contributed by atoms with E-state index in [1.165, 1.54) is 11.1 Å². The molecule has 0 radical (unpaired) electrons. The maximum atomic E-state index is 12.6. The van der Waals surface area contributed by atoms with Crippen LogP contribution >= 0.6 is 23.4 Å². The van der Waals surface area contributed by atoms with Crippen molar-refractivity contribution in [2.45, 2.75) is 25.5 Å². The number of amidine groups is 1. The lowest BCUT2D eigenvalue weighted by molar-refractivity contribution is 0.534. The third-order valence-corrected chi connectivity index (χ3v) is 6.12. The van der Waals surface area contributed by atoms with Gasteiger partial charge in [-0.1, -0.05) is 41.6 Å². The molecule has 0 bridgehead atoms. The molecule has 0 aliphatic carbocycles. The van der Waals surface area contributed by atoms with Gasteiger partial charge in [0.2, 0.25) is 0 Å². The van der Waals surface area contributed by atoms with E-state index >= 15 is 0 Å². The quantitative estimate of drug-likeness (QED) is 0.579. The van der Waals surface area contributed by atoms with Crippen molar-refractivity contribution in [1.29, 1.82) is 0 Å². The molecular formula is C21H19ClN2O2S. The van der Waals surface area contributed by atoms with Gasteiger partial charge >= 0.3 is 5.63 Å². The van der Waals surface area contributed by atoms with Crippen molar-refractivity contribution in [3.63, 3.8) is 0 Å². The Kier molecular flexibility index (Phi) is 4.52. The van der Waals surface area contributed by atoms with Gasteiger partial charge in [0.05, 0.1) is 21.9 Å². The van der Waals surface area contributed by atoms with E-state index in [1.807, 2.05) is 25.1 Å². The van der Waals surface area contributed by atoms with Gasteiger partial charge in [0.1, 0.15) is 0 Å². The fourth-order valence-corrected chi connectivity index (χ4v) is 4.68. The molecular weight excluding hydrogens is 380 g/mol. The summed E-state index contributed by atoms with van der Waals surface area (Å²) >= 11 is 7.69. The summed E-state index contributed by atoms with van der Waals surface area (Å²) in [5.41, 5.74) is 4.04. The minimum atomic E-state index is -0.488. The van der Waals surface area contributed by atoms with Crippen molar-refractivity contribution in [2.75, 3.05) is 11.9 Å². The van der Waals surface area contributed by atoms with Gasteiger partial charge in [0, 0.05) is 11.1 Å². The molecule has 0 spiro atoms. The fourth-order valence-electron chi connectivity index (χ4n) is 3.35. The van der Waals surface area contributed by atoms with Gasteiger partial charge in [-0.15, -0.1) is 0 Å². The molecule has 1 aliphatic heterocycles. The highest BCUT2D eigenvalue weighted by Crippen LogP contribution is 2.41. The number of fused-ring (bicyclic) bond motifs is 1. The zero-order valence-electron chi connectivity index (χ0n) is 15.3. The highest BCUT2D eigenvalue weighted by Gasteiger charge is 2.37. The third kappa shape index (κ3) is 3.49. The maximum absolute atomic E-state index is 12.6. The number of hydrogen-bond donors (Lipinski definition) is 1. The summed E-state index contributed by atoms with van der Waals surface area (Å²) in [6.07, 6.45) is 0. The summed E-state index contributed by atoms with van der Waals surface area (Å²) in [6.45, 7) is 6.65. The zero-order valence-corrected chi connectivity index (χ0v) is 16.9. The van der Waals surface area contributed by atoms with Crippen LogP contribution in [0.4, 0.5) is 5.69 Å². The van der Waals surface area contributed by atoms with E-state index in [0.29, 0.717) is 22.7 Å². The van der Waals surface area contributed by atoms with Gasteiger partial charge in [-0.25, -0.2) is 4.79 Å². The van der Waals surface area contributed by atoms with Crippen LogP contribution in [0.1, 0.15) is 23.6 Å². The smallest absolute Gasteiger partial charge is 0.341 e. The molecule has 4 rings (SSSR count). The van der Waals surface area contributed by atoms with E-state index in [9.17, 15) is 4.79 Å². The summed E-state index contributed by atoms with van der Waals surface area (Å²) in [5.74, 6) is 0. The summed E-state index contributed by atoms with van der Waals surface area (Å²) < 4.78 is 5.03. The average Bonchev–Trinajstić information content (AvgIpc) is 2.96. The van der Waals surface area contributed by atoms with Crippen LogP contribution in [0.15, 0.2) is 56.7 Å². The van der Waals surface area contributed by atoms with Gasteiger partial charge in [-0.3, -0.25) is 4.99 Å². The Morgan fingerprint density at radius 3 is 2.67 bits per heavy atom. The number of halogens is 1. The van der Waals surface area contributed by atoms with Crippen molar-refractivity contribution in [3.8, 4) is 0 Å². The van der Waals surface area contributed by atoms with Gasteiger partial charge in [-0.05, 0) is 56.2 Å². The number of nitrogens with one attached hydrogen (secondary N) is 1. The largest absolute Gasteiger partial charge is 0.421 e. The first-order valence-corrected chi connectivity index (χ1v) is 9.85. The molecule has 1 atom stereocenters. The molecule has 138 valence electrons. The highest BCUT2D eigenvalue weighted by molar-refractivity contribution is 8.15. The standard InChI is InChI=1S/C21H19ClN2O2S/c1-12-7-13(2)9-15(8-12)24-20-23-11-21(3,27-20)16-10-14-5-4-6-17(22)18(14)26-19(16)25/h4-10H,11H2,1-3H3,(H,23,24). The molecule has 2 aromatic carbocycles. The lowest BCUT2D eigenvalue weighted by Gasteiger charge is -2.21. The van der Waals surface area contributed by atoms with Crippen LogP contribution in [0.3, 0.4) is 0 Å². The van der Waals surface area contributed by atoms with Gasteiger partial charge in [-0.2, -0.15) is 0 Å². The van der Waals surface area contributed by atoms with Crippen molar-refractivity contribution < 1.29 is 4.42 Å². The number of aliphatic imine (C=N–C) groups is 1. The Bertz CT molecular complexity index is 1120. The Balaban J connectivity index is 1.63. The minimum Gasteiger partial charge on any atom is -0.421 e. The molecule has 3 aromatic rings. The number of rotatable bonds is 2. The van der Waals surface area contributed by atoms with Crippen molar-refractivity contribution in [1.82, 2.24) is 0 Å². The SMILES string of the molecule is Cc1cc(C)cc(NC2=NCC(C)(c3cc4cccc(Cl)c4oc3=O)S2)c1. The molecule has 0 amide bonds. The number of hydrogen-bond acceptors (Lipinski definition) is 5. The zero-order chi connectivity index (χ0) is 19.2. The van der Waals surface area contributed by atoms with E-state index in [0.717, 1.165) is 16.2 Å². The fraction of sp³-hybridized carbons (Fsp3) is 0.238. The topological polar surface area (TPSA) is 54.6 Å².